The summed E-state index contributed by atoms with van der Waals surface area (Å²) in [5, 5.41) is 0.493. The van der Waals surface area contributed by atoms with E-state index in [2.05, 4.69) is 0 Å². The lowest BCUT2D eigenvalue weighted by Crippen LogP contribution is -2.02. The molecule has 0 heterocycles. The van der Waals surface area contributed by atoms with E-state index in [1.165, 1.54) is 6.07 Å². The second-order valence-electron chi connectivity index (χ2n) is 3.14. The van der Waals surface area contributed by atoms with Crippen molar-refractivity contribution in [1.82, 2.24) is 0 Å². The Kier molecular flexibility index (Phi) is 1.81. The van der Waals surface area contributed by atoms with Gasteiger partial charge in [-0.1, -0.05) is 17.7 Å². The van der Waals surface area contributed by atoms with Crippen LogP contribution in [0.4, 0.5) is 4.39 Å². The van der Waals surface area contributed by atoms with Gasteiger partial charge in [0.1, 0.15) is 5.82 Å². The summed E-state index contributed by atoms with van der Waals surface area (Å²) in [4.78, 5) is 0. The molecule has 1 fully saturated rings. The SMILES string of the molecule is N[C@@H]1C[C@H]1c1c(F)cccc1Cl. The van der Waals surface area contributed by atoms with Crippen LogP contribution in [-0.2, 0) is 0 Å². The molecule has 2 rings (SSSR count). The van der Waals surface area contributed by atoms with E-state index >= 15 is 0 Å². The number of hydrogen-bond acceptors (Lipinski definition) is 1. The summed E-state index contributed by atoms with van der Waals surface area (Å²) >= 11 is 5.83. The number of nitrogens with two attached hydrogens (primary N) is 1. The lowest BCUT2D eigenvalue weighted by Gasteiger charge is -2.02. The van der Waals surface area contributed by atoms with Crippen LogP contribution in [0.3, 0.4) is 0 Å². The van der Waals surface area contributed by atoms with Crippen LogP contribution in [-0.4, -0.2) is 6.04 Å². The first-order chi connectivity index (χ1) is 5.70. The largest absolute Gasteiger partial charge is 0.327 e. The van der Waals surface area contributed by atoms with Gasteiger partial charge in [-0.05, 0) is 18.6 Å². The van der Waals surface area contributed by atoms with E-state index in [-0.39, 0.29) is 17.8 Å². The van der Waals surface area contributed by atoms with Gasteiger partial charge in [-0.3, -0.25) is 0 Å². The summed E-state index contributed by atoms with van der Waals surface area (Å²) in [6, 6.07) is 4.83. The zero-order valence-corrected chi connectivity index (χ0v) is 7.18. The molecule has 1 aromatic rings. The Hall–Kier alpha value is -0.600. The third-order valence-corrected chi connectivity index (χ3v) is 2.54. The fourth-order valence-corrected chi connectivity index (χ4v) is 1.71. The highest BCUT2D eigenvalue weighted by molar-refractivity contribution is 6.31. The summed E-state index contributed by atoms with van der Waals surface area (Å²) in [5.74, 6) is -0.0980. The summed E-state index contributed by atoms with van der Waals surface area (Å²) in [7, 11) is 0. The average Bonchev–Trinajstić information content (AvgIpc) is 2.67. The average molecular weight is 186 g/mol. The molecule has 0 aliphatic heterocycles. The van der Waals surface area contributed by atoms with Crippen molar-refractivity contribution in [3.05, 3.63) is 34.6 Å². The van der Waals surface area contributed by atoms with Crippen LogP contribution in [0.25, 0.3) is 0 Å². The summed E-state index contributed by atoms with van der Waals surface area (Å²) < 4.78 is 13.2. The Labute approximate surface area is 75.3 Å². The van der Waals surface area contributed by atoms with Crippen molar-refractivity contribution in [3.8, 4) is 0 Å². The fraction of sp³-hybridized carbons (Fsp3) is 0.333. The smallest absolute Gasteiger partial charge is 0.128 e. The van der Waals surface area contributed by atoms with Crippen molar-refractivity contribution in [2.75, 3.05) is 0 Å². The molecule has 0 saturated heterocycles. The molecule has 0 amide bonds. The molecular weight excluding hydrogens is 177 g/mol. The standard InChI is InChI=1S/C9H9ClFN/c10-6-2-1-3-7(11)9(6)5-4-8(5)12/h1-3,5,8H,4,12H2/t5-,8-/m1/s1. The van der Waals surface area contributed by atoms with Gasteiger partial charge in [0.05, 0.1) is 0 Å². The molecule has 1 aliphatic rings. The van der Waals surface area contributed by atoms with E-state index in [0.29, 0.717) is 10.6 Å². The molecule has 0 unspecified atom stereocenters. The van der Waals surface area contributed by atoms with Gasteiger partial charge in [0.25, 0.3) is 0 Å². The molecule has 2 atom stereocenters. The maximum absolute atomic E-state index is 13.2. The predicted octanol–water partition coefficient (Wildman–Crippen LogP) is 2.29. The first-order valence-electron chi connectivity index (χ1n) is 3.89. The van der Waals surface area contributed by atoms with Crippen molar-refractivity contribution >= 4 is 11.6 Å². The minimum absolute atomic E-state index is 0.0967. The van der Waals surface area contributed by atoms with Crippen LogP contribution in [0.15, 0.2) is 18.2 Å². The van der Waals surface area contributed by atoms with Crippen molar-refractivity contribution in [2.45, 2.75) is 18.4 Å². The van der Waals surface area contributed by atoms with E-state index in [1.807, 2.05) is 0 Å². The molecule has 2 N–H and O–H groups in total. The van der Waals surface area contributed by atoms with E-state index in [9.17, 15) is 4.39 Å². The zero-order valence-electron chi connectivity index (χ0n) is 6.43. The van der Waals surface area contributed by atoms with Crippen molar-refractivity contribution in [3.63, 3.8) is 0 Å². The topological polar surface area (TPSA) is 26.0 Å². The lowest BCUT2D eigenvalue weighted by molar-refractivity contribution is 0.609. The number of benzene rings is 1. The quantitative estimate of drug-likeness (QED) is 0.714. The van der Waals surface area contributed by atoms with Gasteiger partial charge < -0.3 is 5.73 Å². The molecular formula is C9H9ClFN. The molecule has 1 aromatic carbocycles. The summed E-state index contributed by atoms with van der Waals surface area (Å²) in [6.45, 7) is 0. The molecule has 0 aromatic heterocycles. The van der Waals surface area contributed by atoms with Crippen LogP contribution in [0, 0.1) is 5.82 Å². The normalized spacial score (nSPS) is 27.2. The van der Waals surface area contributed by atoms with Crippen LogP contribution in [0.1, 0.15) is 17.9 Å². The van der Waals surface area contributed by atoms with Crippen LogP contribution >= 0.6 is 11.6 Å². The molecule has 1 nitrogen and oxygen atoms in total. The van der Waals surface area contributed by atoms with Gasteiger partial charge in [-0.15, -0.1) is 0 Å². The Morgan fingerprint density at radius 3 is 2.67 bits per heavy atom. The molecule has 64 valence electrons. The Balaban J connectivity index is 2.41. The van der Waals surface area contributed by atoms with Crippen molar-refractivity contribution in [1.29, 1.82) is 0 Å². The maximum atomic E-state index is 13.2. The van der Waals surface area contributed by atoms with E-state index in [4.69, 9.17) is 17.3 Å². The molecule has 0 spiro atoms. The monoisotopic (exact) mass is 185 g/mol. The highest BCUT2D eigenvalue weighted by Gasteiger charge is 2.38. The summed E-state index contributed by atoms with van der Waals surface area (Å²) in [5.41, 5.74) is 6.20. The lowest BCUT2D eigenvalue weighted by atomic mass is 10.1. The third kappa shape index (κ3) is 1.21. The molecule has 1 aliphatic carbocycles. The molecule has 0 bridgehead atoms. The Morgan fingerprint density at radius 2 is 2.17 bits per heavy atom. The maximum Gasteiger partial charge on any atom is 0.128 e. The van der Waals surface area contributed by atoms with Gasteiger partial charge in [-0.25, -0.2) is 4.39 Å². The highest BCUT2D eigenvalue weighted by Crippen LogP contribution is 2.43. The van der Waals surface area contributed by atoms with Crippen LogP contribution < -0.4 is 5.73 Å². The van der Waals surface area contributed by atoms with Gasteiger partial charge in [-0.2, -0.15) is 0 Å². The second kappa shape index (κ2) is 2.71. The van der Waals surface area contributed by atoms with Crippen LogP contribution in [0.5, 0.6) is 0 Å². The van der Waals surface area contributed by atoms with Crippen LogP contribution in [0.2, 0.25) is 5.02 Å². The Bertz CT molecular complexity index is 293. The first kappa shape index (κ1) is 8.02. The second-order valence-corrected chi connectivity index (χ2v) is 3.55. The van der Waals surface area contributed by atoms with E-state index < -0.39 is 0 Å². The number of rotatable bonds is 1. The van der Waals surface area contributed by atoms with Gasteiger partial charge in [0.15, 0.2) is 0 Å². The first-order valence-corrected chi connectivity index (χ1v) is 4.27. The minimum atomic E-state index is -0.236. The third-order valence-electron chi connectivity index (χ3n) is 2.21. The van der Waals surface area contributed by atoms with Gasteiger partial charge in [0, 0.05) is 22.5 Å². The number of hydrogen-bond donors (Lipinski definition) is 1. The van der Waals surface area contributed by atoms with Gasteiger partial charge >= 0.3 is 0 Å². The van der Waals surface area contributed by atoms with Crippen molar-refractivity contribution < 1.29 is 4.39 Å². The zero-order chi connectivity index (χ0) is 8.72. The molecule has 0 radical (unpaired) electrons. The molecule has 12 heavy (non-hydrogen) atoms. The molecule has 1 saturated carbocycles. The van der Waals surface area contributed by atoms with Crippen molar-refractivity contribution in [2.24, 2.45) is 5.73 Å². The van der Waals surface area contributed by atoms with E-state index in [1.54, 1.807) is 12.1 Å². The van der Waals surface area contributed by atoms with E-state index in [0.717, 1.165) is 6.42 Å². The molecule has 3 heteroatoms. The minimum Gasteiger partial charge on any atom is -0.327 e. The predicted molar refractivity (Wildman–Crippen MR) is 46.7 cm³/mol. The highest BCUT2D eigenvalue weighted by atomic mass is 35.5. The Morgan fingerprint density at radius 1 is 1.50 bits per heavy atom. The number of halogens is 2. The summed E-state index contributed by atoms with van der Waals surface area (Å²) in [6.07, 6.45) is 0.848. The van der Waals surface area contributed by atoms with Gasteiger partial charge in [0.2, 0.25) is 0 Å². The fourth-order valence-electron chi connectivity index (χ4n) is 1.41.